The Morgan fingerprint density at radius 2 is 1.00 bits per heavy atom. The summed E-state index contributed by atoms with van der Waals surface area (Å²) in [6, 6.07) is 39.8. The monoisotopic (exact) mass is 374 g/mol. The van der Waals surface area contributed by atoms with Crippen molar-refractivity contribution in [3.63, 3.8) is 0 Å². The Morgan fingerprint density at radius 1 is 0.552 bits per heavy atom. The van der Waals surface area contributed by atoms with Gasteiger partial charge in [-0.25, -0.2) is 0 Å². The molecule has 0 saturated heterocycles. The van der Waals surface area contributed by atoms with Crippen LogP contribution in [-0.2, 0) is 13.1 Å². The number of nitrogens with zero attached hydrogens (tertiary/aromatic N) is 1. The van der Waals surface area contributed by atoms with Gasteiger partial charge in [-0.3, -0.25) is 0 Å². The van der Waals surface area contributed by atoms with Crippen molar-refractivity contribution >= 4 is 11.3 Å². The maximum Gasteiger partial charge on any atom is 0.0452 e. The molecule has 0 aliphatic heterocycles. The molecule has 4 aromatic rings. The molecule has 1 radical (unpaired) electrons. The first-order valence-electron chi connectivity index (χ1n) is 9.91. The maximum absolute atomic E-state index is 6.63. The molecule has 4 rings (SSSR count). The maximum atomic E-state index is 6.63. The molecule has 0 N–H and O–H groups in total. The van der Waals surface area contributed by atoms with Gasteiger partial charge in [0.1, 0.15) is 0 Å². The molecule has 4 aromatic carbocycles. The highest BCUT2D eigenvalue weighted by Crippen LogP contribution is 2.32. The Morgan fingerprint density at radius 3 is 1.55 bits per heavy atom. The third kappa shape index (κ3) is 4.64. The van der Waals surface area contributed by atoms with Gasteiger partial charge < -0.3 is 4.90 Å². The number of benzene rings is 4. The first-order chi connectivity index (χ1) is 14.3. The quantitative estimate of drug-likeness (QED) is 0.345. The van der Waals surface area contributed by atoms with E-state index in [1.165, 1.54) is 11.1 Å². The van der Waals surface area contributed by atoms with Crippen LogP contribution in [0.1, 0.15) is 22.3 Å². The van der Waals surface area contributed by atoms with E-state index in [4.69, 9.17) is 6.58 Å². The number of anilines is 1. The van der Waals surface area contributed by atoms with Crippen molar-refractivity contribution < 1.29 is 0 Å². The highest BCUT2D eigenvalue weighted by atomic mass is 15.1. The standard InChI is InChI=1S/C28H24N/c1-23(26-17-9-4-10-18-26)27-19-11-12-20-28(27)29(21-24-13-5-2-6-14-24)22-25-15-7-3-8-16-25/h1-20H,21-22H2. The Kier molecular flexibility index (Phi) is 5.87. The minimum atomic E-state index is 0.798. The van der Waals surface area contributed by atoms with Crippen molar-refractivity contribution in [1.82, 2.24) is 0 Å². The normalized spacial score (nSPS) is 10.5. The van der Waals surface area contributed by atoms with Crippen LogP contribution in [0.25, 0.3) is 5.57 Å². The van der Waals surface area contributed by atoms with Crippen molar-refractivity contribution in [2.75, 3.05) is 4.90 Å². The minimum Gasteiger partial charge on any atom is -0.362 e. The van der Waals surface area contributed by atoms with Crippen LogP contribution in [0.5, 0.6) is 0 Å². The van der Waals surface area contributed by atoms with Crippen molar-refractivity contribution in [2.24, 2.45) is 0 Å². The Bertz CT molecular complexity index is 1010. The van der Waals surface area contributed by atoms with Crippen molar-refractivity contribution in [1.29, 1.82) is 0 Å². The molecule has 0 aromatic heterocycles. The summed E-state index contributed by atoms with van der Waals surface area (Å²) in [6.45, 7) is 8.26. The minimum absolute atomic E-state index is 0.798. The van der Waals surface area contributed by atoms with E-state index in [1.807, 2.05) is 18.2 Å². The third-order valence-corrected chi connectivity index (χ3v) is 5.05. The summed E-state index contributed by atoms with van der Waals surface area (Å²) in [5, 5.41) is 0. The van der Waals surface area contributed by atoms with E-state index >= 15 is 0 Å². The van der Waals surface area contributed by atoms with Crippen LogP contribution in [0.3, 0.4) is 0 Å². The predicted molar refractivity (Wildman–Crippen MR) is 122 cm³/mol. The molecule has 0 saturated carbocycles. The van der Waals surface area contributed by atoms with Crippen LogP contribution in [0, 0.1) is 6.58 Å². The van der Waals surface area contributed by atoms with Gasteiger partial charge in [0, 0.05) is 24.3 Å². The summed E-state index contributed by atoms with van der Waals surface area (Å²) in [7, 11) is 0. The van der Waals surface area contributed by atoms with Gasteiger partial charge >= 0.3 is 0 Å². The van der Waals surface area contributed by atoms with Gasteiger partial charge in [0.25, 0.3) is 0 Å². The Balaban J connectivity index is 1.73. The van der Waals surface area contributed by atoms with Crippen molar-refractivity contribution in [3.05, 3.63) is 144 Å². The molecule has 0 unspecified atom stereocenters. The van der Waals surface area contributed by atoms with Crippen molar-refractivity contribution in [2.45, 2.75) is 13.1 Å². The van der Waals surface area contributed by atoms with Gasteiger partial charge in [-0.2, -0.15) is 0 Å². The lowest BCUT2D eigenvalue weighted by Crippen LogP contribution is -2.23. The Hall–Kier alpha value is -3.58. The molecular formula is C28H24N. The fourth-order valence-electron chi connectivity index (χ4n) is 3.58. The Labute approximate surface area is 173 Å². The third-order valence-electron chi connectivity index (χ3n) is 5.05. The first-order valence-corrected chi connectivity index (χ1v) is 9.91. The molecular weight excluding hydrogens is 350 g/mol. The average molecular weight is 375 g/mol. The van der Waals surface area contributed by atoms with Gasteiger partial charge in [-0.1, -0.05) is 116 Å². The fraction of sp³-hybridized carbons (Fsp3) is 0.0714. The van der Waals surface area contributed by atoms with E-state index in [-0.39, 0.29) is 0 Å². The summed E-state index contributed by atoms with van der Waals surface area (Å²) >= 11 is 0. The van der Waals surface area contributed by atoms with E-state index in [2.05, 4.69) is 102 Å². The van der Waals surface area contributed by atoms with Crippen LogP contribution in [-0.4, -0.2) is 0 Å². The lowest BCUT2D eigenvalue weighted by molar-refractivity contribution is 0.799. The molecule has 29 heavy (non-hydrogen) atoms. The van der Waals surface area contributed by atoms with Crippen LogP contribution in [0.15, 0.2) is 115 Å². The SMILES string of the molecule is [CH]=C(c1ccccc1)c1ccccc1N(Cc1ccccc1)Cc1ccccc1. The second-order valence-electron chi connectivity index (χ2n) is 7.12. The summed E-state index contributed by atoms with van der Waals surface area (Å²) in [5.41, 5.74) is 6.59. The van der Waals surface area contributed by atoms with Gasteiger partial charge in [-0.15, -0.1) is 0 Å². The lowest BCUT2D eigenvalue weighted by Gasteiger charge is -2.28. The zero-order valence-electron chi connectivity index (χ0n) is 16.4. The van der Waals surface area contributed by atoms with E-state index in [1.54, 1.807) is 0 Å². The molecule has 1 heteroatoms. The number of hydrogen-bond donors (Lipinski definition) is 0. The molecule has 141 valence electrons. The highest BCUT2D eigenvalue weighted by Gasteiger charge is 2.15. The largest absolute Gasteiger partial charge is 0.362 e. The lowest BCUT2D eigenvalue weighted by atomic mass is 9.97. The molecule has 0 aliphatic rings. The van der Waals surface area contributed by atoms with Crippen molar-refractivity contribution in [3.8, 4) is 0 Å². The second kappa shape index (κ2) is 9.07. The summed E-state index contributed by atoms with van der Waals surface area (Å²) in [5.74, 6) is 0. The topological polar surface area (TPSA) is 3.24 Å². The van der Waals surface area contributed by atoms with E-state index in [9.17, 15) is 0 Å². The molecule has 0 aliphatic carbocycles. The van der Waals surface area contributed by atoms with Crippen LogP contribution >= 0.6 is 0 Å². The molecule has 0 fully saturated rings. The molecule has 0 bridgehead atoms. The molecule has 1 nitrogen and oxygen atoms in total. The zero-order valence-corrected chi connectivity index (χ0v) is 16.4. The van der Waals surface area contributed by atoms with Gasteiger partial charge in [0.05, 0.1) is 0 Å². The molecule has 0 atom stereocenters. The smallest absolute Gasteiger partial charge is 0.0452 e. The summed E-state index contributed by atoms with van der Waals surface area (Å²) in [6.07, 6.45) is 0. The van der Waals surface area contributed by atoms with E-state index < -0.39 is 0 Å². The first kappa shape index (κ1) is 18.8. The summed E-state index contributed by atoms with van der Waals surface area (Å²) in [4.78, 5) is 2.40. The molecule has 0 heterocycles. The van der Waals surface area contributed by atoms with E-state index in [0.29, 0.717) is 0 Å². The second-order valence-corrected chi connectivity index (χ2v) is 7.12. The van der Waals surface area contributed by atoms with E-state index in [0.717, 1.165) is 35.5 Å². The summed E-state index contributed by atoms with van der Waals surface area (Å²) < 4.78 is 0. The van der Waals surface area contributed by atoms with Gasteiger partial charge in [0.15, 0.2) is 0 Å². The van der Waals surface area contributed by atoms with Crippen LogP contribution in [0.4, 0.5) is 5.69 Å². The number of para-hydroxylation sites is 1. The van der Waals surface area contributed by atoms with Crippen LogP contribution < -0.4 is 4.90 Å². The van der Waals surface area contributed by atoms with Gasteiger partial charge in [0.2, 0.25) is 0 Å². The highest BCUT2D eigenvalue weighted by molar-refractivity contribution is 5.84. The molecule has 0 amide bonds. The van der Waals surface area contributed by atoms with Crippen LogP contribution in [0.2, 0.25) is 0 Å². The number of rotatable bonds is 7. The average Bonchev–Trinajstić information content (AvgIpc) is 2.80. The van der Waals surface area contributed by atoms with Gasteiger partial charge in [-0.05, 0) is 28.3 Å². The number of hydrogen-bond acceptors (Lipinski definition) is 1. The predicted octanol–water partition coefficient (Wildman–Crippen LogP) is 6.76. The fourth-order valence-corrected chi connectivity index (χ4v) is 3.58. The molecule has 0 spiro atoms. The zero-order chi connectivity index (χ0) is 19.9.